The Morgan fingerprint density at radius 1 is 1.05 bits per heavy atom. The topological polar surface area (TPSA) is 50.4 Å². The molecule has 0 radical (unpaired) electrons. The molecule has 1 heterocycles. The Morgan fingerprint density at radius 2 is 1.82 bits per heavy atom. The summed E-state index contributed by atoms with van der Waals surface area (Å²) in [6.45, 7) is 2.83. The van der Waals surface area contributed by atoms with Crippen molar-refractivity contribution in [1.29, 1.82) is 0 Å². The van der Waals surface area contributed by atoms with E-state index in [9.17, 15) is 4.79 Å². The monoisotopic (exact) mass is 302 g/mol. The number of benzene rings is 1. The Bertz CT molecular complexity index is 508. The van der Waals surface area contributed by atoms with Crippen LogP contribution in [0.1, 0.15) is 60.0 Å². The third kappa shape index (κ3) is 4.08. The number of amides is 1. The SMILES string of the molecule is O=C(NCCNC1CCCCCC1)c1ccc2c(c1)COC2. The van der Waals surface area contributed by atoms with E-state index >= 15 is 0 Å². The van der Waals surface area contributed by atoms with Gasteiger partial charge in [0.25, 0.3) is 5.91 Å². The molecule has 1 aromatic rings. The molecule has 4 nitrogen and oxygen atoms in total. The minimum absolute atomic E-state index is 0.0115. The zero-order valence-corrected chi connectivity index (χ0v) is 13.2. The molecule has 0 atom stereocenters. The predicted molar refractivity (Wildman–Crippen MR) is 86.8 cm³/mol. The number of carbonyl (C=O) groups is 1. The fourth-order valence-corrected chi connectivity index (χ4v) is 3.35. The average molecular weight is 302 g/mol. The van der Waals surface area contributed by atoms with Gasteiger partial charge in [0.1, 0.15) is 0 Å². The second kappa shape index (κ2) is 7.75. The molecular weight excluding hydrogens is 276 g/mol. The first-order valence-corrected chi connectivity index (χ1v) is 8.54. The molecule has 2 N–H and O–H groups in total. The lowest BCUT2D eigenvalue weighted by Crippen LogP contribution is -2.36. The van der Waals surface area contributed by atoms with E-state index in [0.29, 0.717) is 25.8 Å². The molecule has 1 saturated carbocycles. The highest BCUT2D eigenvalue weighted by molar-refractivity contribution is 5.94. The third-order valence-corrected chi connectivity index (χ3v) is 4.68. The van der Waals surface area contributed by atoms with Crippen LogP contribution in [0.3, 0.4) is 0 Å². The third-order valence-electron chi connectivity index (χ3n) is 4.68. The number of nitrogens with one attached hydrogen (secondary N) is 2. The van der Waals surface area contributed by atoms with Gasteiger partial charge in [0.05, 0.1) is 13.2 Å². The lowest BCUT2D eigenvalue weighted by Gasteiger charge is -2.16. The van der Waals surface area contributed by atoms with Gasteiger partial charge in [0.15, 0.2) is 0 Å². The zero-order chi connectivity index (χ0) is 15.2. The summed E-state index contributed by atoms with van der Waals surface area (Å²) >= 11 is 0. The second-order valence-electron chi connectivity index (χ2n) is 6.37. The van der Waals surface area contributed by atoms with Crippen LogP contribution in [0, 0.1) is 0 Å². The first kappa shape index (κ1) is 15.5. The van der Waals surface area contributed by atoms with Gasteiger partial charge in [0, 0.05) is 24.7 Å². The van der Waals surface area contributed by atoms with Crippen molar-refractivity contribution in [2.75, 3.05) is 13.1 Å². The molecule has 1 fully saturated rings. The summed E-state index contributed by atoms with van der Waals surface area (Å²) in [5, 5.41) is 6.58. The van der Waals surface area contributed by atoms with Gasteiger partial charge in [-0.1, -0.05) is 31.7 Å². The van der Waals surface area contributed by atoms with Crippen LogP contribution in [-0.2, 0) is 18.0 Å². The van der Waals surface area contributed by atoms with Crippen LogP contribution in [0.2, 0.25) is 0 Å². The Balaban J connectivity index is 1.40. The molecule has 0 bridgehead atoms. The van der Waals surface area contributed by atoms with Crippen LogP contribution in [-0.4, -0.2) is 25.0 Å². The fourth-order valence-electron chi connectivity index (χ4n) is 3.35. The molecule has 1 aliphatic carbocycles. The zero-order valence-electron chi connectivity index (χ0n) is 13.2. The largest absolute Gasteiger partial charge is 0.372 e. The number of carbonyl (C=O) groups excluding carboxylic acids is 1. The van der Waals surface area contributed by atoms with Crippen LogP contribution in [0.4, 0.5) is 0 Å². The smallest absolute Gasteiger partial charge is 0.251 e. The Morgan fingerprint density at radius 3 is 2.64 bits per heavy atom. The number of rotatable bonds is 5. The summed E-state index contributed by atoms with van der Waals surface area (Å²) in [7, 11) is 0. The molecular formula is C18H26N2O2. The fraction of sp³-hybridized carbons (Fsp3) is 0.611. The highest BCUT2D eigenvalue weighted by Gasteiger charge is 2.14. The summed E-state index contributed by atoms with van der Waals surface area (Å²) in [6.07, 6.45) is 7.97. The van der Waals surface area contributed by atoms with E-state index in [4.69, 9.17) is 4.74 Å². The Labute approximate surface area is 132 Å². The maximum atomic E-state index is 12.2. The van der Waals surface area contributed by atoms with Crippen LogP contribution < -0.4 is 10.6 Å². The van der Waals surface area contributed by atoms with E-state index < -0.39 is 0 Å². The highest BCUT2D eigenvalue weighted by atomic mass is 16.5. The van der Waals surface area contributed by atoms with E-state index in [-0.39, 0.29) is 5.91 Å². The van der Waals surface area contributed by atoms with Gasteiger partial charge in [-0.15, -0.1) is 0 Å². The molecule has 2 aliphatic rings. The number of hydrogen-bond acceptors (Lipinski definition) is 3. The van der Waals surface area contributed by atoms with E-state index in [1.165, 1.54) is 44.1 Å². The lowest BCUT2D eigenvalue weighted by atomic mass is 10.1. The van der Waals surface area contributed by atoms with Crippen molar-refractivity contribution in [3.8, 4) is 0 Å². The molecule has 4 heteroatoms. The van der Waals surface area contributed by atoms with Gasteiger partial charge in [-0.2, -0.15) is 0 Å². The van der Waals surface area contributed by atoms with Gasteiger partial charge in [-0.25, -0.2) is 0 Å². The van der Waals surface area contributed by atoms with Crippen molar-refractivity contribution >= 4 is 5.91 Å². The quantitative estimate of drug-likeness (QED) is 0.649. The summed E-state index contributed by atoms with van der Waals surface area (Å²) in [4.78, 5) is 12.2. The molecule has 1 aliphatic heterocycles. The van der Waals surface area contributed by atoms with Crippen LogP contribution >= 0.6 is 0 Å². The maximum Gasteiger partial charge on any atom is 0.251 e. The molecule has 0 saturated heterocycles. The first-order valence-electron chi connectivity index (χ1n) is 8.54. The number of hydrogen-bond donors (Lipinski definition) is 2. The van der Waals surface area contributed by atoms with Crippen LogP contribution in [0.5, 0.6) is 0 Å². The Hall–Kier alpha value is -1.39. The molecule has 0 spiro atoms. The summed E-state index contributed by atoms with van der Waals surface area (Å²) in [5.41, 5.74) is 3.08. The van der Waals surface area contributed by atoms with E-state index in [1.807, 2.05) is 18.2 Å². The highest BCUT2D eigenvalue weighted by Crippen LogP contribution is 2.20. The van der Waals surface area contributed by atoms with Crippen LogP contribution in [0.25, 0.3) is 0 Å². The summed E-state index contributed by atoms with van der Waals surface area (Å²) < 4.78 is 5.38. The summed E-state index contributed by atoms with van der Waals surface area (Å²) in [5.74, 6) is 0.0115. The van der Waals surface area contributed by atoms with E-state index in [2.05, 4.69) is 10.6 Å². The lowest BCUT2D eigenvalue weighted by molar-refractivity contribution is 0.0953. The average Bonchev–Trinajstić information content (AvgIpc) is 2.85. The molecule has 22 heavy (non-hydrogen) atoms. The standard InChI is InChI=1S/C18H26N2O2/c21-18(14-7-8-15-12-22-13-16(15)11-14)20-10-9-19-17-5-3-1-2-4-6-17/h7-8,11,17,19H,1-6,9-10,12-13H2,(H,20,21). The molecule has 3 rings (SSSR count). The number of fused-ring (bicyclic) bond motifs is 1. The first-order chi connectivity index (χ1) is 10.8. The summed E-state index contributed by atoms with van der Waals surface area (Å²) in [6, 6.07) is 6.48. The van der Waals surface area contributed by atoms with Crippen molar-refractivity contribution in [1.82, 2.24) is 10.6 Å². The van der Waals surface area contributed by atoms with Crippen molar-refractivity contribution in [3.05, 3.63) is 34.9 Å². The minimum Gasteiger partial charge on any atom is -0.372 e. The van der Waals surface area contributed by atoms with Gasteiger partial charge < -0.3 is 15.4 Å². The maximum absolute atomic E-state index is 12.2. The van der Waals surface area contributed by atoms with Gasteiger partial charge in [-0.05, 0) is 36.1 Å². The molecule has 0 unspecified atom stereocenters. The molecule has 120 valence electrons. The van der Waals surface area contributed by atoms with E-state index in [1.54, 1.807) is 0 Å². The van der Waals surface area contributed by atoms with Crippen molar-refractivity contribution in [2.45, 2.75) is 57.8 Å². The second-order valence-corrected chi connectivity index (χ2v) is 6.37. The van der Waals surface area contributed by atoms with Gasteiger partial charge in [-0.3, -0.25) is 4.79 Å². The minimum atomic E-state index is 0.0115. The van der Waals surface area contributed by atoms with Crippen molar-refractivity contribution < 1.29 is 9.53 Å². The number of ether oxygens (including phenoxy) is 1. The molecule has 1 amide bonds. The normalized spacial score (nSPS) is 18.7. The van der Waals surface area contributed by atoms with E-state index in [0.717, 1.165) is 17.7 Å². The van der Waals surface area contributed by atoms with Gasteiger partial charge >= 0.3 is 0 Å². The van der Waals surface area contributed by atoms with Crippen molar-refractivity contribution in [3.63, 3.8) is 0 Å². The predicted octanol–water partition coefficient (Wildman–Crippen LogP) is 2.76. The van der Waals surface area contributed by atoms with Gasteiger partial charge in [0.2, 0.25) is 0 Å². The molecule has 1 aromatic carbocycles. The van der Waals surface area contributed by atoms with Crippen molar-refractivity contribution in [2.24, 2.45) is 0 Å². The Kier molecular flexibility index (Phi) is 5.46. The van der Waals surface area contributed by atoms with Crippen LogP contribution in [0.15, 0.2) is 18.2 Å². The molecule has 0 aromatic heterocycles.